The number of likely N-dealkylation sites (tertiary alicyclic amines) is 1. The molecular weight excluding hydrogens is 260 g/mol. The molecule has 0 aromatic heterocycles. The summed E-state index contributed by atoms with van der Waals surface area (Å²) in [5.41, 5.74) is 7.23. The van der Waals surface area contributed by atoms with Crippen molar-refractivity contribution in [2.75, 3.05) is 13.1 Å². The van der Waals surface area contributed by atoms with E-state index in [4.69, 9.17) is 5.73 Å². The molecule has 1 aliphatic carbocycles. The molecule has 1 unspecified atom stereocenters. The molecule has 2 fully saturated rings. The molecule has 1 aliphatic heterocycles. The van der Waals surface area contributed by atoms with Gasteiger partial charge in [-0.1, -0.05) is 30.3 Å². The zero-order chi connectivity index (χ0) is 14.7. The fourth-order valence-corrected chi connectivity index (χ4v) is 4.00. The van der Waals surface area contributed by atoms with Crippen molar-refractivity contribution >= 4 is 5.91 Å². The molecule has 1 amide bonds. The highest BCUT2D eigenvalue weighted by molar-refractivity contribution is 5.79. The lowest BCUT2D eigenvalue weighted by Gasteiger charge is -2.33. The molecule has 1 saturated heterocycles. The van der Waals surface area contributed by atoms with E-state index in [1.165, 1.54) is 5.56 Å². The Hall–Kier alpha value is -1.35. The maximum atomic E-state index is 12.7. The zero-order valence-electron chi connectivity index (χ0n) is 12.7. The van der Waals surface area contributed by atoms with Crippen LogP contribution in [0.15, 0.2) is 30.3 Å². The Morgan fingerprint density at radius 3 is 2.48 bits per heavy atom. The third kappa shape index (κ3) is 3.13. The topological polar surface area (TPSA) is 46.3 Å². The normalized spacial score (nSPS) is 29.6. The predicted molar refractivity (Wildman–Crippen MR) is 84.9 cm³/mol. The summed E-state index contributed by atoms with van der Waals surface area (Å²) in [6, 6.07) is 11.0. The number of hydrogen-bond acceptors (Lipinski definition) is 2. The Morgan fingerprint density at radius 2 is 1.81 bits per heavy atom. The number of carbonyl (C=O) groups is 1. The van der Waals surface area contributed by atoms with Crippen LogP contribution in [-0.4, -0.2) is 29.9 Å². The molecule has 1 saturated carbocycles. The van der Waals surface area contributed by atoms with Crippen LogP contribution in [0.3, 0.4) is 0 Å². The molecule has 1 heterocycles. The van der Waals surface area contributed by atoms with Gasteiger partial charge in [0.1, 0.15) is 0 Å². The predicted octanol–water partition coefficient (Wildman–Crippen LogP) is 2.91. The molecule has 2 aliphatic rings. The summed E-state index contributed by atoms with van der Waals surface area (Å²) >= 11 is 0. The summed E-state index contributed by atoms with van der Waals surface area (Å²) in [6.45, 7) is 1.53. The van der Waals surface area contributed by atoms with Gasteiger partial charge in [0.15, 0.2) is 0 Å². The standard InChI is InChI=1S/C18H26N2O/c19-13-17-7-4-12-20(17)18(21)16-10-8-15(9-11-16)14-5-2-1-3-6-14/h1-3,5-6,15-17H,4,7-13,19H2. The van der Waals surface area contributed by atoms with Crippen LogP contribution in [0.5, 0.6) is 0 Å². The van der Waals surface area contributed by atoms with Gasteiger partial charge in [0, 0.05) is 25.0 Å². The maximum absolute atomic E-state index is 12.7. The second kappa shape index (κ2) is 6.61. The minimum Gasteiger partial charge on any atom is -0.338 e. The zero-order valence-corrected chi connectivity index (χ0v) is 12.7. The number of nitrogens with two attached hydrogens (primary N) is 1. The number of rotatable bonds is 3. The number of amides is 1. The largest absolute Gasteiger partial charge is 0.338 e. The van der Waals surface area contributed by atoms with Gasteiger partial charge in [0.2, 0.25) is 5.91 Å². The van der Waals surface area contributed by atoms with Crippen LogP contribution in [0.25, 0.3) is 0 Å². The van der Waals surface area contributed by atoms with Crippen LogP contribution in [0.2, 0.25) is 0 Å². The lowest BCUT2D eigenvalue weighted by molar-refractivity contribution is -0.137. The molecule has 0 bridgehead atoms. The second-order valence-corrected chi connectivity index (χ2v) is 6.52. The molecule has 1 aromatic carbocycles. The van der Waals surface area contributed by atoms with Crippen molar-refractivity contribution in [1.82, 2.24) is 4.90 Å². The van der Waals surface area contributed by atoms with Gasteiger partial charge in [-0.25, -0.2) is 0 Å². The van der Waals surface area contributed by atoms with Gasteiger partial charge in [0.25, 0.3) is 0 Å². The highest BCUT2D eigenvalue weighted by Gasteiger charge is 2.34. The monoisotopic (exact) mass is 286 g/mol. The first-order chi connectivity index (χ1) is 10.3. The Balaban J connectivity index is 1.57. The van der Waals surface area contributed by atoms with E-state index in [1.807, 2.05) is 0 Å². The third-order valence-corrected chi connectivity index (χ3v) is 5.28. The van der Waals surface area contributed by atoms with Gasteiger partial charge >= 0.3 is 0 Å². The van der Waals surface area contributed by atoms with Crippen molar-refractivity contribution in [3.05, 3.63) is 35.9 Å². The second-order valence-electron chi connectivity index (χ2n) is 6.52. The van der Waals surface area contributed by atoms with Gasteiger partial charge in [-0.3, -0.25) is 4.79 Å². The van der Waals surface area contributed by atoms with Crippen LogP contribution in [0.1, 0.15) is 50.0 Å². The average molecular weight is 286 g/mol. The molecule has 1 atom stereocenters. The van der Waals surface area contributed by atoms with Crippen molar-refractivity contribution in [2.24, 2.45) is 11.7 Å². The smallest absolute Gasteiger partial charge is 0.225 e. The molecule has 114 valence electrons. The van der Waals surface area contributed by atoms with Crippen LogP contribution in [-0.2, 0) is 4.79 Å². The molecule has 0 spiro atoms. The molecule has 3 rings (SSSR count). The van der Waals surface area contributed by atoms with Crippen molar-refractivity contribution in [2.45, 2.75) is 50.5 Å². The number of hydrogen-bond donors (Lipinski definition) is 1. The minimum atomic E-state index is 0.233. The van der Waals surface area contributed by atoms with Gasteiger partial charge in [0.05, 0.1) is 0 Å². The molecule has 3 nitrogen and oxygen atoms in total. The van der Waals surface area contributed by atoms with E-state index in [-0.39, 0.29) is 5.92 Å². The third-order valence-electron chi connectivity index (χ3n) is 5.28. The highest BCUT2D eigenvalue weighted by atomic mass is 16.2. The first-order valence-electron chi connectivity index (χ1n) is 8.35. The number of carbonyl (C=O) groups excluding carboxylic acids is 1. The van der Waals surface area contributed by atoms with E-state index in [9.17, 15) is 4.79 Å². The van der Waals surface area contributed by atoms with E-state index in [1.54, 1.807) is 0 Å². The SMILES string of the molecule is NCC1CCCN1C(=O)C1CCC(c2ccccc2)CC1. The number of nitrogens with zero attached hydrogens (tertiary/aromatic N) is 1. The molecule has 3 heteroatoms. The highest BCUT2D eigenvalue weighted by Crippen LogP contribution is 2.37. The summed E-state index contributed by atoms with van der Waals surface area (Å²) < 4.78 is 0. The first kappa shape index (κ1) is 14.6. The van der Waals surface area contributed by atoms with E-state index < -0.39 is 0 Å². The van der Waals surface area contributed by atoms with Gasteiger partial charge in [-0.2, -0.15) is 0 Å². The number of benzene rings is 1. The summed E-state index contributed by atoms with van der Waals surface area (Å²) in [5.74, 6) is 1.24. The first-order valence-corrected chi connectivity index (χ1v) is 8.35. The van der Waals surface area contributed by atoms with E-state index in [2.05, 4.69) is 35.2 Å². The molecule has 21 heavy (non-hydrogen) atoms. The van der Waals surface area contributed by atoms with Crippen LogP contribution in [0.4, 0.5) is 0 Å². The fraction of sp³-hybridized carbons (Fsp3) is 0.611. The summed E-state index contributed by atoms with van der Waals surface area (Å²) in [4.78, 5) is 14.7. The summed E-state index contributed by atoms with van der Waals surface area (Å²) in [7, 11) is 0. The molecule has 2 N–H and O–H groups in total. The molecular formula is C18H26N2O. The Kier molecular flexibility index (Phi) is 4.59. The molecule has 0 radical (unpaired) electrons. The Morgan fingerprint density at radius 1 is 1.10 bits per heavy atom. The van der Waals surface area contributed by atoms with Gasteiger partial charge < -0.3 is 10.6 Å². The quantitative estimate of drug-likeness (QED) is 0.928. The van der Waals surface area contributed by atoms with E-state index >= 15 is 0 Å². The van der Waals surface area contributed by atoms with Crippen LogP contribution >= 0.6 is 0 Å². The van der Waals surface area contributed by atoms with Gasteiger partial charge in [-0.05, 0) is 50.0 Å². The van der Waals surface area contributed by atoms with Crippen molar-refractivity contribution in [1.29, 1.82) is 0 Å². The van der Waals surface area contributed by atoms with Crippen LogP contribution in [0, 0.1) is 5.92 Å². The fourth-order valence-electron chi connectivity index (χ4n) is 4.00. The van der Waals surface area contributed by atoms with Gasteiger partial charge in [-0.15, -0.1) is 0 Å². The lowest BCUT2D eigenvalue weighted by Crippen LogP contribution is -2.43. The minimum absolute atomic E-state index is 0.233. The van der Waals surface area contributed by atoms with Crippen molar-refractivity contribution in [3.8, 4) is 0 Å². The average Bonchev–Trinajstić information content (AvgIpc) is 3.04. The van der Waals surface area contributed by atoms with Crippen molar-refractivity contribution < 1.29 is 4.79 Å². The maximum Gasteiger partial charge on any atom is 0.225 e. The van der Waals surface area contributed by atoms with Crippen molar-refractivity contribution in [3.63, 3.8) is 0 Å². The van der Waals surface area contributed by atoms with E-state index in [0.29, 0.717) is 24.4 Å². The Labute approximate surface area is 127 Å². The lowest BCUT2D eigenvalue weighted by atomic mass is 9.78. The summed E-state index contributed by atoms with van der Waals surface area (Å²) in [5, 5.41) is 0. The molecule has 1 aromatic rings. The summed E-state index contributed by atoms with van der Waals surface area (Å²) in [6.07, 6.45) is 6.55. The van der Waals surface area contributed by atoms with E-state index in [0.717, 1.165) is 45.1 Å². The van der Waals surface area contributed by atoms with Crippen LogP contribution < -0.4 is 5.73 Å². The Bertz CT molecular complexity index is 465.